The molecule has 2 rings (SSSR count). The summed E-state index contributed by atoms with van der Waals surface area (Å²) in [5.41, 5.74) is 3.43. The van der Waals surface area contributed by atoms with Crippen LogP contribution in [0, 0.1) is 0 Å². The normalized spacial score (nSPS) is 11.5. The van der Waals surface area contributed by atoms with E-state index in [-0.39, 0.29) is 0 Å². The van der Waals surface area contributed by atoms with Gasteiger partial charge in [-0.25, -0.2) is 0 Å². The van der Waals surface area contributed by atoms with Crippen molar-refractivity contribution in [3.8, 4) is 0 Å². The molecule has 0 fully saturated rings. The van der Waals surface area contributed by atoms with E-state index in [0.717, 1.165) is 22.6 Å². The number of halogens is 3. The van der Waals surface area contributed by atoms with Crippen LogP contribution < -0.4 is 10.3 Å². The zero-order valence-electron chi connectivity index (χ0n) is 12.5. The van der Waals surface area contributed by atoms with Crippen molar-refractivity contribution in [2.75, 3.05) is 24.4 Å². The maximum absolute atomic E-state index is 6.23. The zero-order chi connectivity index (χ0) is 16.3. The lowest BCUT2D eigenvalue weighted by Crippen LogP contribution is -2.13. The van der Waals surface area contributed by atoms with Gasteiger partial charge in [0, 0.05) is 30.4 Å². The highest BCUT2D eigenvalue weighted by molar-refractivity contribution is 6.43. The highest BCUT2D eigenvalue weighted by Crippen LogP contribution is 2.32. The highest BCUT2D eigenvalue weighted by Gasteiger charge is 2.11. The minimum atomic E-state index is 0.475. The number of rotatable bonds is 4. The van der Waals surface area contributed by atoms with Crippen LogP contribution in [0.2, 0.25) is 15.1 Å². The molecular weight excluding hydrogens is 341 g/mol. The molecule has 2 aromatic rings. The molecule has 0 heterocycles. The number of nitrogens with one attached hydrogen (secondary N) is 1. The largest absolute Gasteiger partial charge is 0.388 e. The van der Waals surface area contributed by atoms with Crippen LogP contribution >= 0.6 is 34.8 Å². The van der Waals surface area contributed by atoms with E-state index in [1.807, 2.05) is 51.4 Å². The number of benzene rings is 2. The Bertz CT molecular complexity index is 714. The highest BCUT2D eigenvalue weighted by atomic mass is 35.5. The number of nitrogens with zero attached hydrogens (tertiary/aromatic N) is 2. The first-order chi connectivity index (χ1) is 10.4. The fraction of sp³-hybridized carbons (Fsp3) is 0.188. The van der Waals surface area contributed by atoms with E-state index in [2.05, 4.69) is 10.4 Å². The summed E-state index contributed by atoms with van der Waals surface area (Å²) in [6, 6.07) is 11.1. The van der Waals surface area contributed by atoms with Gasteiger partial charge in [-0.3, -0.25) is 5.01 Å². The fourth-order valence-electron chi connectivity index (χ4n) is 2.11. The predicted octanol–water partition coefficient (Wildman–Crippen LogP) is 5.55. The van der Waals surface area contributed by atoms with Gasteiger partial charge in [0.2, 0.25) is 0 Å². The predicted molar refractivity (Wildman–Crippen MR) is 98.1 cm³/mol. The molecule has 0 saturated carbocycles. The topological polar surface area (TPSA) is 27.6 Å². The Morgan fingerprint density at radius 1 is 1.14 bits per heavy atom. The van der Waals surface area contributed by atoms with Crippen LogP contribution in [0.15, 0.2) is 41.5 Å². The Balaban J connectivity index is 2.40. The third-order valence-corrected chi connectivity index (χ3v) is 4.26. The molecule has 0 atom stereocenters. The van der Waals surface area contributed by atoms with Crippen LogP contribution in [0.5, 0.6) is 0 Å². The van der Waals surface area contributed by atoms with Crippen molar-refractivity contribution in [3.63, 3.8) is 0 Å². The van der Waals surface area contributed by atoms with E-state index in [1.54, 1.807) is 11.1 Å². The Labute approximate surface area is 145 Å². The third kappa shape index (κ3) is 3.67. The summed E-state index contributed by atoms with van der Waals surface area (Å²) in [6.07, 6.45) is 0. The van der Waals surface area contributed by atoms with Gasteiger partial charge in [0.15, 0.2) is 0 Å². The summed E-state index contributed by atoms with van der Waals surface area (Å²) in [5.74, 6) is 0. The summed E-state index contributed by atoms with van der Waals surface area (Å²) >= 11 is 18.4. The summed E-state index contributed by atoms with van der Waals surface area (Å²) in [7, 11) is 3.68. The SMILES string of the molecule is CNc1ccc(Cl)cc1/C(C)=N\N(C)c1cccc(Cl)c1Cl. The fourth-order valence-corrected chi connectivity index (χ4v) is 2.70. The number of anilines is 2. The van der Waals surface area contributed by atoms with Crippen LogP contribution in [0.1, 0.15) is 12.5 Å². The Morgan fingerprint density at radius 2 is 1.86 bits per heavy atom. The molecule has 0 unspecified atom stereocenters. The summed E-state index contributed by atoms with van der Waals surface area (Å²) in [5, 5.41) is 11.0. The molecule has 116 valence electrons. The van der Waals surface area contributed by atoms with Gasteiger partial charge in [0.25, 0.3) is 0 Å². The lowest BCUT2D eigenvalue weighted by atomic mass is 10.1. The van der Waals surface area contributed by atoms with E-state index >= 15 is 0 Å². The third-order valence-electron chi connectivity index (χ3n) is 3.22. The molecule has 2 aromatic carbocycles. The van der Waals surface area contributed by atoms with Crippen LogP contribution in [0.25, 0.3) is 0 Å². The van der Waals surface area contributed by atoms with Crippen molar-refractivity contribution in [2.45, 2.75) is 6.92 Å². The summed E-state index contributed by atoms with van der Waals surface area (Å²) < 4.78 is 0. The average molecular weight is 357 g/mol. The summed E-state index contributed by atoms with van der Waals surface area (Å²) in [4.78, 5) is 0. The van der Waals surface area contributed by atoms with Crippen LogP contribution in [0.4, 0.5) is 11.4 Å². The first-order valence-corrected chi connectivity index (χ1v) is 7.78. The molecule has 0 spiro atoms. The van der Waals surface area contributed by atoms with Gasteiger partial charge in [-0.1, -0.05) is 40.9 Å². The van der Waals surface area contributed by atoms with Crippen molar-refractivity contribution in [2.24, 2.45) is 5.10 Å². The van der Waals surface area contributed by atoms with Crippen molar-refractivity contribution in [3.05, 3.63) is 57.0 Å². The maximum atomic E-state index is 6.23. The van der Waals surface area contributed by atoms with E-state index in [0.29, 0.717) is 15.1 Å². The zero-order valence-corrected chi connectivity index (χ0v) is 14.8. The number of hydrogen-bond acceptors (Lipinski definition) is 3. The second-order valence-corrected chi connectivity index (χ2v) is 5.94. The molecule has 6 heteroatoms. The maximum Gasteiger partial charge on any atom is 0.0844 e. The van der Waals surface area contributed by atoms with E-state index in [4.69, 9.17) is 34.8 Å². The van der Waals surface area contributed by atoms with E-state index < -0.39 is 0 Å². The number of hydrogen-bond donors (Lipinski definition) is 1. The van der Waals surface area contributed by atoms with Crippen LogP contribution in [-0.2, 0) is 0 Å². The van der Waals surface area contributed by atoms with Crippen molar-refractivity contribution in [1.29, 1.82) is 0 Å². The first-order valence-electron chi connectivity index (χ1n) is 6.64. The van der Waals surface area contributed by atoms with Gasteiger partial charge >= 0.3 is 0 Å². The standard InChI is InChI=1S/C16H16Cl3N3/c1-10(12-9-11(17)7-8-14(12)20-2)21-22(3)15-6-4-5-13(18)16(15)19/h4-9,20H,1-3H3/b21-10-. The Kier molecular flexibility index (Phi) is 5.57. The van der Waals surface area contributed by atoms with Crippen molar-refractivity contribution in [1.82, 2.24) is 0 Å². The average Bonchev–Trinajstić information content (AvgIpc) is 2.49. The minimum absolute atomic E-state index is 0.475. The van der Waals surface area contributed by atoms with E-state index in [9.17, 15) is 0 Å². The molecule has 3 nitrogen and oxygen atoms in total. The van der Waals surface area contributed by atoms with Gasteiger partial charge in [0.1, 0.15) is 0 Å². The number of hydrazone groups is 1. The molecular formula is C16H16Cl3N3. The second-order valence-electron chi connectivity index (χ2n) is 4.72. The second kappa shape index (κ2) is 7.23. The lowest BCUT2D eigenvalue weighted by Gasteiger charge is -2.18. The minimum Gasteiger partial charge on any atom is -0.388 e. The molecule has 0 amide bonds. The van der Waals surface area contributed by atoms with E-state index in [1.165, 1.54) is 0 Å². The summed E-state index contributed by atoms with van der Waals surface area (Å²) in [6.45, 7) is 1.92. The molecule has 0 aromatic heterocycles. The molecule has 0 saturated heterocycles. The molecule has 0 aliphatic rings. The van der Waals surface area contributed by atoms with Crippen molar-refractivity contribution < 1.29 is 0 Å². The molecule has 0 radical (unpaired) electrons. The quantitative estimate of drug-likeness (QED) is 0.574. The van der Waals surface area contributed by atoms with Crippen molar-refractivity contribution >= 4 is 51.9 Å². The molecule has 0 aliphatic heterocycles. The van der Waals surface area contributed by atoms with Gasteiger partial charge < -0.3 is 5.32 Å². The monoisotopic (exact) mass is 355 g/mol. The molecule has 0 bridgehead atoms. The van der Waals surface area contributed by atoms with Gasteiger partial charge in [-0.2, -0.15) is 5.10 Å². The van der Waals surface area contributed by atoms with Crippen LogP contribution in [0.3, 0.4) is 0 Å². The van der Waals surface area contributed by atoms with Crippen LogP contribution in [-0.4, -0.2) is 19.8 Å². The van der Waals surface area contributed by atoms with Gasteiger partial charge in [0.05, 0.1) is 21.4 Å². The van der Waals surface area contributed by atoms with Gasteiger partial charge in [-0.05, 0) is 37.3 Å². The lowest BCUT2D eigenvalue weighted by molar-refractivity contribution is 1.01. The smallest absolute Gasteiger partial charge is 0.0844 e. The Hall–Kier alpha value is -1.42. The Morgan fingerprint density at radius 3 is 2.55 bits per heavy atom. The molecule has 0 aliphatic carbocycles. The first kappa shape index (κ1) is 16.9. The molecule has 22 heavy (non-hydrogen) atoms. The van der Waals surface area contributed by atoms with Gasteiger partial charge in [-0.15, -0.1) is 0 Å². The molecule has 1 N–H and O–H groups in total.